The van der Waals surface area contributed by atoms with Crippen molar-refractivity contribution in [1.82, 2.24) is 15.3 Å². The molecule has 11 nitrogen and oxygen atoms in total. The minimum atomic E-state index is -1.61. The van der Waals surface area contributed by atoms with Crippen molar-refractivity contribution in [2.24, 2.45) is 16.5 Å². The van der Waals surface area contributed by atoms with Gasteiger partial charge in [-0.1, -0.05) is 36.9 Å². The molecule has 3 aliphatic rings. The topological polar surface area (TPSA) is 159 Å². The highest BCUT2D eigenvalue weighted by atomic mass is 16.5. The molecule has 3 heterocycles. The molecule has 4 rings (SSSR count). The van der Waals surface area contributed by atoms with Gasteiger partial charge >= 0.3 is 6.09 Å². The van der Waals surface area contributed by atoms with Crippen LogP contribution in [0, 0.1) is 0 Å². The summed E-state index contributed by atoms with van der Waals surface area (Å²) >= 11 is 0. The molecule has 0 bridgehead atoms. The summed E-state index contributed by atoms with van der Waals surface area (Å²) in [7, 11) is 0. The Hall–Kier alpha value is -3.02. The molecule has 0 saturated carbocycles. The average Bonchev–Trinajstić information content (AvgIpc) is 3.11. The highest BCUT2D eigenvalue weighted by Crippen LogP contribution is 2.50. The van der Waals surface area contributed by atoms with Crippen LogP contribution in [0.1, 0.15) is 12.5 Å². The largest absolute Gasteiger partial charge is 0.447 e. The predicted octanol–water partition coefficient (Wildman–Crippen LogP) is -0.739. The molecule has 2 fully saturated rings. The van der Waals surface area contributed by atoms with Gasteiger partial charge in [-0.25, -0.2) is 14.9 Å². The Bertz CT molecular complexity index is 877. The number of aliphatic imine (C=N–C) groups is 1. The first-order valence-corrected chi connectivity index (χ1v) is 9.55. The summed E-state index contributed by atoms with van der Waals surface area (Å²) < 4.78 is 11.0. The molecule has 1 aromatic carbocycles. The Morgan fingerprint density at radius 1 is 1.43 bits per heavy atom. The number of amides is 1. The molecule has 4 unspecified atom stereocenters. The molecule has 5 atom stereocenters. The first-order chi connectivity index (χ1) is 14.2. The number of hydrogen-bond donors (Lipinski definition) is 5. The average molecular weight is 418 g/mol. The molecule has 162 valence electrons. The maximum absolute atomic E-state index is 11.7. The third kappa shape index (κ3) is 2.77. The normalized spacial score (nSPS) is 34.8. The Balaban J connectivity index is 1.68. The van der Waals surface area contributed by atoms with Gasteiger partial charge in [-0.3, -0.25) is 5.21 Å². The molecule has 11 heteroatoms. The Labute approximate surface area is 173 Å². The molecule has 0 radical (unpaired) electrons. The van der Waals surface area contributed by atoms with Gasteiger partial charge in [0.15, 0.2) is 11.6 Å². The van der Waals surface area contributed by atoms with Gasteiger partial charge in [0.25, 0.3) is 0 Å². The van der Waals surface area contributed by atoms with Crippen LogP contribution < -0.4 is 16.8 Å². The molecule has 30 heavy (non-hydrogen) atoms. The minimum Gasteiger partial charge on any atom is -0.447 e. The summed E-state index contributed by atoms with van der Waals surface area (Å²) in [6, 6.07) is 8.12. The van der Waals surface area contributed by atoms with Crippen LogP contribution in [0.5, 0.6) is 0 Å². The smallest absolute Gasteiger partial charge is 0.404 e. The molecule has 1 spiro atoms. The number of aliphatic hydroxyl groups is 1. The van der Waals surface area contributed by atoms with E-state index in [4.69, 9.17) is 20.9 Å². The number of hydrogen-bond acceptors (Lipinski definition) is 10. The van der Waals surface area contributed by atoms with Crippen molar-refractivity contribution in [3.8, 4) is 0 Å². The number of rotatable bonds is 5. The highest BCUT2D eigenvalue weighted by Gasteiger charge is 2.75. The van der Waals surface area contributed by atoms with Crippen molar-refractivity contribution in [2.75, 3.05) is 13.2 Å². The van der Waals surface area contributed by atoms with Gasteiger partial charge in [-0.05, 0) is 12.5 Å². The number of carbonyl (C=O) groups is 1. The molecule has 3 aliphatic heterocycles. The minimum absolute atomic E-state index is 0.0750. The van der Waals surface area contributed by atoms with Gasteiger partial charge in [0.2, 0.25) is 0 Å². The maximum atomic E-state index is 11.7. The van der Waals surface area contributed by atoms with E-state index in [9.17, 15) is 15.1 Å². The lowest BCUT2D eigenvalue weighted by Crippen LogP contribution is -2.76. The predicted molar refractivity (Wildman–Crippen MR) is 106 cm³/mol. The zero-order valence-corrected chi connectivity index (χ0v) is 16.6. The maximum Gasteiger partial charge on any atom is 0.404 e. The first kappa shape index (κ1) is 20.3. The van der Waals surface area contributed by atoms with Crippen LogP contribution in [0.3, 0.4) is 0 Å². The summed E-state index contributed by atoms with van der Waals surface area (Å²) in [5, 5.41) is 26.6. The van der Waals surface area contributed by atoms with E-state index >= 15 is 0 Å². The van der Waals surface area contributed by atoms with Crippen LogP contribution in [0.4, 0.5) is 4.79 Å². The van der Waals surface area contributed by atoms with Crippen LogP contribution in [0.25, 0.3) is 0 Å². The SMILES string of the molecule is C=C1NC2C(COC(N)=O)N=C(N)N3CC(OCc4ccccc4)[C@](C)(O)C23N1O. The molecule has 2 saturated heterocycles. The van der Waals surface area contributed by atoms with E-state index in [0.717, 1.165) is 10.6 Å². The number of benzene rings is 1. The van der Waals surface area contributed by atoms with Crippen molar-refractivity contribution in [2.45, 2.75) is 43.0 Å². The number of nitrogens with two attached hydrogens (primary N) is 2. The summed E-state index contributed by atoms with van der Waals surface area (Å²) in [6.45, 7) is 5.65. The summed E-state index contributed by atoms with van der Waals surface area (Å²) in [6.07, 6.45) is -1.67. The number of nitrogens with one attached hydrogen (secondary N) is 1. The quantitative estimate of drug-likeness (QED) is 0.415. The Morgan fingerprint density at radius 3 is 2.80 bits per heavy atom. The summed E-state index contributed by atoms with van der Waals surface area (Å²) in [5.41, 5.74) is 9.16. The summed E-state index contributed by atoms with van der Waals surface area (Å²) in [5.74, 6) is 0.230. The van der Waals surface area contributed by atoms with Crippen LogP contribution in [0.2, 0.25) is 0 Å². The molecule has 0 aliphatic carbocycles. The van der Waals surface area contributed by atoms with Gasteiger partial charge in [0, 0.05) is 0 Å². The second-order valence-corrected chi connectivity index (χ2v) is 7.83. The fourth-order valence-electron chi connectivity index (χ4n) is 4.72. The fraction of sp³-hybridized carbons (Fsp3) is 0.474. The van der Waals surface area contributed by atoms with Crippen LogP contribution in [-0.4, -0.2) is 74.9 Å². The van der Waals surface area contributed by atoms with Gasteiger partial charge in [-0.2, -0.15) is 0 Å². The van der Waals surface area contributed by atoms with Gasteiger partial charge < -0.3 is 36.3 Å². The second kappa shape index (κ2) is 7.04. The molecule has 1 amide bonds. The fourth-order valence-corrected chi connectivity index (χ4v) is 4.72. The van der Waals surface area contributed by atoms with E-state index in [2.05, 4.69) is 16.9 Å². The number of hydroxylamine groups is 2. The van der Waals surface area contributed by atoms with E-state index in [-0.39, 0.29) is 31.5 Å². The molecule has 1 aromatic rings. The van der Waals surface area contributed by atoms with Gasteiger partial charge in [0.05, 0.1) is 13.2 Å². The Morgan fingerprint density at radius 2 is 2.13 bits per heavy atom. The van der Waals surface area contributed by atoms with E-state index in [1.165, 1.54) is 0 Å². The van der Waals surface area contributed by atoms with Crippen molar-refractivity contribution >= 4 is 12.1 Å². The van der Waals surface area contributed by atoms with Crippen LogP contribution in [0.15, 0.2) is 47.7 Å². The molecular formula is C19H26N6O5. The van der Waals surface area contributed by atoms with E-state index in [1.54, 1.807) is 11.8 Å². The lowest BCUT2D eigenvalue weighted by Gasteiger charge is -2.51. The van der Waals surface area contributed by atoms with Crippen molar-refractivity contribution in [3.63, 3.8) is 0 Å². The van der Waals surface area contributed by atoms with Gasteiger partial charge in [-0.15, -0.1) is 0 Å². The Kier molecular flexibility index (Phi) is 4.76. The zero-order chi connectivity index (χ0) is 21.7. The lowest BCUT2D eigenvalue weighted by molar-refractivity contribution is -0.243. The van der Waals surface area contributed by atoms with Crippen LogP contribution >= 0.6 is 0 Å². The van der Waals surface area contributed by atoms with E-state index in [0.29, 0.717) is 0 Å². The third-order valence-corrected chi connectivity index (χ3v) is 6.12. The molecule has 0 aromatic heterocycles. The standard InChI is InChI=1S/C19H26N6O5/c1-11-22-15-13(10-30-17(21)26)23-16(20)24-8-14(18(2,27)19(15,24)25(11)28)29-9-12-6-4-3-5-7-12/h3-7,13-15,22,27-28H,1,8-10H2,2H3,(H2,20,23)(H2,21,26)/t13?,14?,15?,18-,19?/m0/s1. The number of primary amides is 1. The number of carbonyl (C=O) groups excluding carboxylic acids is 1. The number of ether oxygens (including phenoxy) is 2. The second-order valence-electron chi connectivity index (χ2n) is 7.83. The monoisotopic (exact) mass is 418 g/mol. The zero-order valence-electron chi connectivity index (χ0n) is 16.6. The van der Waals surface area contributed by atoms with Gasteiger partial charge in [0.1, 0.15) is 36.2 Å². The summed E-state index contributed by atoms with van der Waals surface area (Å²) in [4.78, 5) is 17.1. The number of nitrogens with zero attached hydrogens (tertiary/aromatic N) is 3. The first-order valence-electron chi connectivity index (χ1n) is 9.55. The lowest BCUT2D eigenvalue weighted by atomic mass is 9.79. The third-order valence-electron chi connectivity index (χ3n) is 6.12. The highest BCUT2D eigenvalue weighted by molar-refractivity contribution is 5.81. The van der Waals surface area contributed by atoms with E-state index < -0.39 is 35.5 Å². The van der Waals surface area contributed by atoms with Crippen molar-refractivity contribution < 1.29 is 24.6 Å². The van der Waals surface area contributed by atoms with E-state index in [1.807, 2.05) is 30.3 Å². The van der Waals surface area contributed by atoms with Crippen molar-refractivity contribution in [1.29, 1.82) is 0 Å². The van der Waals surface area contributed by atoms with Crippen LogP contribution in [-0.2, 0) is 16.1 Å². The molecular weight excluding hydrogens is 392 g/mol. The van der Waals surface area contributed by atoms with Crippen molar-refractivity contribution in [3.05, 3.63) is 48.3 Å². The molecule has 7 N–H and O–H groups in total. The number of guanidine groups is 1.